The van der Waals surface area contributed by atoms with E-state index in [-0.39, 0.29) is 35.5 Å². The summed E-state index contributed by atoms with van der Waals surface area (Å²) in [4.78, 5) is 35.6. The third-order valence-corrected chi connectivity index (χ3v) is 5.12. The minimum absolute atomic E-state index is 0.138. The Morgan fingerprint density at radius 3 is 2.36 bits per heavy atom. The molecule has 1 amide bonds. The van der Waals surface area contributed by atoms with E-state index in [1.54, 1.807) is 0 Å². The molecular weight excluding hydrogens is 322 g/mol. The molecule has 1 saturated carbocycles. The number of hydrogen-bond donors (Lipinski definition) is 2. The Balaban J connectivity index is 1.88. The van der Waals surface area contributed by atoms with Crippen LogP contribution in [-0.2, 0) is 19.1 Å². The van der Waals surface area contributed by atoms with Crippen LogP contribution in [0.1, 0.15) is 53.4 Å². The zero-order chi connectivity index (χ0) is 18.8. The van der Waals surface area contributed by atoms with Crippen LogP contribution in [0.5, 0.6) is 0 Å². The van der Waals surface area contributed by atoms with Gasteiger partial charge in [0.15, 0.2) is 6.73 Å². The minimum atomic E-state index is -1.05. The molecule has 2 aliphatic rings. The zero-order valence-corrected chi connectivity index (χ0v) is 15.3. The van der Waals surface area contributed by atoms with Crippen LogP contribution in [0.15, 0.2) is 22.8 Å². The summed E-state index contributed by atoms with van der Waals surface area (Å²) in [5.41, 5.74) is 1.49. The molecule has 1 fully saturated rings. The second-order valence-corrected chi connectivity index (χ2v) is 7.65. The molecule has 0 radical (unpaired) electrons. The summed E-state index contributed by atoms with van der Waals surface area (Å²) in [6, 6.07) is 0. The van der Waals surface area contributed by atoms with Gasteiger partial charge in [-0.15, -0.1) is 0 Å². The smallest absolute Gasteiger partial charge is 0.332 e. The molecule has 0 aromatic heterocycles. The lowest BCUT2D eigenvalue weighted by Gasteiger charge is -2.17. The maximum atomic E-state index is 12.2. The van der Waals surface area contributed by atoms with Crippen molar-refractivity contribution in [1.82, 2.24) is 5.32 Å². The highest BCUT2D eigenvalue weighted by atomic mass is 16.5. The summed E-state index contributed by atoms with van der Waals surface area (Å²) in [5, 5.41) is 11.7. The number of nitrogens with one attached hydrogen (secondary N) is 1. The van der Waals surface area contributed by atoms with E-state index in [2.05, 4.69) is 11.4 Å². The SMILES string of the molecule is CC(C)=C[C@H]1[C@H](C(=O)OCNC(=O)C2=C(C(=O)O)CCCC2)C1(C)C. The molecule has 2 N–H and O–H groups in total. The molecule has 2 aliphatic carbocycles. The van der Waals surface area contributed by atoms with E-state index < -0.39 is 11.9 Å². The van der Waals surface area contributed by atoms with E-state index in [4.69, 9.17) is 4.74 Å². The van der Waals surface area contributed by atoms with Crippen molar-refractivity contribution < 1.29 is 24.2 Å². The van der Waals surface area contributed by atoms with Crippen LogP contribution in [0.4, 0.5) is 0 Å². The molecule has 6 heteroatoms. The molecule has 25 heavy (non-hydrogen) atoms. The van der Waals surface area contributed by atoms with Gasteiger partial charge in [0.25, 0.3) is 0 Å². The topological polar surface area (TPSA) is 92.7 Å². The van der Waals surface area contributed by atoms with Crippen molar-refractivity contribution in [2.24, 2.45) is 17.3 Å². The second-order valence-electron chi connectivity index (χ2n) is 7.65. The largest absolute Gasteiger partial charge is 0.478 e. The first-order valence-corrected chi connectivity index (χ1v) is 8.71. The van der Waals surface area contributed by atoms with Crippen LogP contribution in [0.3, 0.4) is 0 Å². The monoisotopic (exact) mass is 349 g/mol. The summed E-state index contributed by atoms with van der Waals surface area (Å²) in [7, 11) is 0. The number of hydrogen-bond acceptors (Lipinski definition) is 4. The average Bonchev–Trinajstić information content (AvgIpc) is 3.06. The number of ether oxygens (including phenoxy) is 1. The van der Waals surface area contributed by atoms with Crippen molar-refractivity contribution in [3.63, 3.8) is 0 Å². The highest BCUT2D eigenvalue weighted by Gasteiger charge is 2.61. The van der Waals surface area contributed by atoms with Gasteiger partial charge in [0, 0.05) is 11.1 Å². The van der Waals surface area contributed by atoms with Gasteiger partial charge in [-0.25, -0.2) is 4.79 Å². The molecule has 0 heterocycles. The van der Waals surface area contributed by atoms with E-state index in [1.165, 1.54) is 0 Å². The number of carbonyl (C=O) groups excluding carboxylic acids is 2. The van der Waals surface area contributed by atoms with E-state index in [0.717, 1.165) is 18.4 Å². The summed E-state index contributed by atoms with van der Waals surface area (Å²) in [6.07, 6.45) is 4.49. The maximum absolute atomic E-state index is 12.2. The van der Waals surface area contributed by atoms with Crippen molar-refractivity contribution in [1.29, 1.82) is 0 Å². The lowest BCUT2D eigenvalue weighted by molar-refractivity contribution is -0.147. The maximum Gasteiger partial charge on any atom is 0.332 e. The van der Waals surface area contributed by atoms with Crippen molar-refractivity contribution >= 4 is 17.8 Å². The Morgan fingerprint density at radius 2 is 1.80 bits per heavy atom. The fraction of sp³-hybridized carbons (Fsp3) is 0.632. The average molecular weight is 349 g/mol. The lowest BCUT2D eigenvalue weighted by Crippen LogP contribution is -2.31. The molecule has 0 aromatic carbocycles. The van der Waals surface area contributed by atoms with Gasteiger partial charge in [-0.2, -0.15) is 0 Å². The van der Waals surface area contributed by atoms with E-state index in [1.807, 2.05) is 27.7 Å². The fourth-order valence-corrected chi connectivity index (χ4v) is 3.56. The first kappa shape index (κ1) is 19.2. The highest BCUT2D eigenvalue weighted by molar-refractivity contribution is 6.02. The number of esters is 1. The quantitative estimate of drug-likeness (QED) is 0.437. The fourth-order valence-electron chi connectivity index (χ4n) is 3.56. The van der Waals surface area contributed by atoms with Crippen LogP contribution in [0, 0.1) is 17.3 Å². The van der Waals surface area contributed by atoms with Crippen molar-refractivity contribution in [2.75, 3.05) is 6.73 Å². The predicted octanol–water partition coefficient (Wildman–Crippen LogP) is 2.80. The first-order valence-electron chi connectivity index (χ1n) is 8.71. The van der Waals surface area contributed by atoms with Crippen LogP contribution >= 0.6 is 0 Å². The van der Waals surface area contributed by atoms with Crippen molar-refractivity contribution in [3.05, 3.63) is 22.8 Å². The molecule has 2 rings (SSSR count). The second kappa shape index (κ2) is 7.42. The van der Waals surface area contributed by atoms with E-state index >= 15 is 0 Å². The number of allylic oxidation sites excluding steroid dienone is 2. The Morgan fingerprint density at radius 1 is 1.20 bits per heavy atom. The zero-order valence-electron chi connectivity index (χ0n) is 15.3. The predicted molar refractivity (Wildman–Crippen MR) is 92.4 cm³/mol. The number of amides is 1. The molecule has 0 aromatic rings. The number of carboxylic acids is 1. The van der Waals surface area contributed by atoms with Gasteiger partial charge in [0.05, 0.1) is 5.92 Å². The lowest BCUT2D eigenvalue weighted by atomic mass is 9.91. The molecule has 0 saturated heterocycles. The van der Waals surface area contributed by atoms with Gasteiger partial charge in [0.1, 0.15) is 0 Å². The molecule has 0 bridgehead atoms. The molecular formula is C19H27NO5. The summed E-state index contributed by atoms with van der Waals surface area (Å²) in [5.74, 6) is -1.89. The molecule has 0 unspecified atom stereocenters. The normalized spacial score (nSPS) is 24.3. The Hall–Kier alpha value is -2.11. The Kier molecular flexibility index (Phi) is 5.70. The number of carbonyl (C=O) groups is 3. The number of carboxylic acid groups (broad SMARTS) is 1. The van der Waals surface area contributed by atoms with Crippen LogP contribution < -0.4 is 5.32 Å². The van der Waals surface area contributed by atoms with Gasteiger partial charge in [-0.05, 0) is 50.9 Å². The Bertz CT molecular complexity index is 640. The summed E-state index contributed by atoms with van der Waals surface area (Å²) >= 11 is 0. The first-order chi connectivity index (χ1) is 11.7. The molecule has 138 valence electrons. The van der Waals surface area contributed by atoms with Gasteiger partial charge in [-0.3, -0.25) is 9.59 Å². The molecule has 0 aliphatic heterocycles. The standard InChI is InChI=1S/C19H27NO5/c1-11(2)9-14-15(19(14,3)4)18(24)25-10-20-16(21)12-7-5-6-8-13(12)17(22)23/h9,14-15H,5-8,10H2,1-4H3,(H,20,21)(H,22,23)/t14-,15+/m0/s1. The van der Waals surface area contributed by atoms with Crippen LogP contribution in [0.2, 0.25) is 0 Å². The molecule has 6 nitrogen and oxygen atoms in total. The summed E-state index contributed by atoms with van der Waals surface area (Å²) < 4.78 is 5.20. The Labute approximate surface area is 148 Å². The molecule has 2 atom stereocenters. The van der Waals surface area contributed by atoms with Crippen LogP contribution in [0.25, 0.3) is 0 Å². The van der Waals surface area contributed by atoms with Gasteiger partial charge in [0.2, 0.25) is 5.91 Å². The van der Waals surface area contributed by atoms with Crippen LogP contribution in [-0.4, -0.2) is 29.7 Å². The molecule has 0 spiro atoms. The van der Waals surface area contributed by atoms with Gasteiger partial charge in [-0.1, -0.05) is 25.5 Å². The number of rotatable bonds is 6. The van der Waals surface area contributed by atoms with E-state index in [9.17, 15) is 19.5 Å². The van der Waals surface area contributed by atoms with Gasteiger partial charge >= 0.3 is 11.9 Å². The van der Waals surface area contributed by atoms with Crippen molar-refractivity contribution in [3.8, 4) is 0 Å². The number of aliphatic carboxylic acids is 1. The van der Waals surface area contributed by atoms with Gasteiger partial charge < -0.3 is 15.2 Å². The highest BCUT2D eigenvalue weighted by Crippen LogP contribution is 2.59. The van der Waals surface area contributed by atoms with Crippen molar-refractivity contribution in [2.45, 2.75) is 53.4 Å². The minimum Gasteiger partial charge on any atom is -0.478 e. The third-order valence-electron chi connectivity index (χ3n) is 5.12. The summed E-state index contributed by atoms with van der Waals surface area (Å²) in [6.45, 7) is 7.80. The third kappa shape index (κ3) is 4.30. The van der Waals surface area contributed by atoms with E-state index in [0.29, 0.717) is 18.4 Å².